The standard InChI is InChI=1S/C12H20N4O/c1-9-11(8-16(2)15-9)7-14-12(17)10-3-5-13-6-4-10/h8,10,13H,3-7H2,1-2H3,(H,14,17). The van der Waals surface area contributed by atoms with Crippen molar-refractivity contribution in [3.8, 4) is 0 Å². The van der Waals surface area contributed by atoms with Crippen molar-refractivity contribution in [2.75, 3.05) is 13.1 Å². The summed E-state index contributed by atoms with van der Waals surface area (Å²) in [5, 5.41) is 10.5. The average Bonchev–Trinajstić information content (AvgIpc) is 2.66. The summed E-state index contributed by atoms with van der Waals surface area (Å²) in [5.41, 5.74) is 2.08. The van der Waals surface area contributed by atoms with Crippen LogP contribution in [0.4, 0.5) is 0 Å². The molecule has 94 valence electrons. The molecule has 1 saturated heterocycles. The molecule has 1 fully saturated rings. The van der Waals surface area contributed by atoms with Gasteiger partial charge in [0.2, 0.25) is 5.91 Å². The first-order valence-electron chi connectivity index (χ1n) is 6.14. The lowest BCUT2D eigenvalue weighted by atomic mass is 9.97. The van der Waals surface area contributed by atoms with Gasteiger partial charge in [-0.05, 0) is 32.9 Å². The van der Waals surface area contributed by atoms with Crippen LogP contribution in [0.1, 0.15) is 24.1 Å². The van der Waals surface area contributed by atoms with Gasteiger partial charge in [-0.3, -0.25) is 9.48 Å². The van der Waals surface area contributed by atoms with E-state index in [1.54, 1.807) is 4.68 Å². The molecular formula is C12H20N4O. The van der Waals surface area contributed by atoms with E-state index >= 15 is 0 Å². The van der Waals surface area contributed by atoms with Crippen molar-refractivity contribution in [3.63, 3.8) is 0 Å². The Labute approximate surface area is 102 Å². The van der Waals surface area contributed by atoms with Gasteiger partial charge < -0.3 is 10.6 Å². The number of nitrogens with zero attached hydrogens (tertiary/aromatic N) is 2. The van der Waals surface area contributed by atoms with E-state index in [-0.39, 0.29) is 11.8 Å². The molecule has 1 aliphatic heterocycles. The molecule has 1 aromatic heterocycles. The molecule has 0 saturated carbocycles. The van der Waals surface area contributed by atoms with Crippen molar-refractivity contribution in [2.45, 2.75) is 26.3 Å². The van der Waals surface area contributed by atoms with Gasteiger partial charge in [-0.2, -0.15) is 5.10 Å². The smallest absolute Gasteiger partial charge is 0.223 e. The molecule has 17 heavy (non-hydrogen) atoms. The maximum atomic E-state index is 11.9. The fraction of sp³-hybridized carbons (Fsp3) is 0.667. The maximum absolute atomic E-state index is 11.9. The highest BCUT2D eigenvalue weighted by molar-refractivity contribution is 5.78. The third-order valence-electron chi connectivity index (χ3n) is 3.28. The molecular weight excluding hydrogens is 216 g/mol. The van der Waals surface area contributed by atoms with Gasteiger partial charge in [-0.1, -0.05) is 0 Å². The number of piperidine rings is 1. The zero-order valence-corrected chi connectivity index (χ0v) is 10.5. The van der Waals surface area contributed by atoms with Gasteiger partial charge in [0.25, 0.3) is 0 Å². The molecule has 2 heterocycles. The van der Waals surface area contributed by atoms with Crippen LogP contribution >= 0.6 is 0 Å². The van der Waals surface area contributed by atoms with Gasteiger partial charge in [0.1, 0.15) is 0 Å². The minimum absolute atomic E-state index is 0.174. The van der Waals surface area contributed by atoms with Gasteiger partial charge in [0, 0.05) is 31.3 Å². The maximum Gasteiger partial charge on any atom is 0.223 e. The summed E-state index contributed by atoms with van der Waals surface area (Å²) in [6.45, 7) is 4.45. The van der Waals surface area contributed by atoms with E-state index in [1.807, 2.05) is 20.2 Å². The second-order valence-corrected chi connectivity index (χ2v) is 4.66. The van der Waals surface area contributed by atoms with Crippen LogP contribution in [0.2, 0.25) is 0 Å². The average molecular weight is 236 g/mol. The van der Waals surface area contributed by atoms with Crippen molar-refractivity contribution in [1.82, 2.24) is 20.4 Å². The first-order valence-corrected chi connectivity index (χ1v) is 6.14. The van der Waals surface area contributed by atoms with Gasteiger partial charge in [-0.15, -0.1) is 0 Å². The quantitative estimate of drug-likeness (QED) is 0.796. The second kappa shape index (κ2) is 5.31. The first kappa shape index (κ1) is 12.1. The molecule has 5 nitrogen and oxygen atoms in total. The summed E-state index contributed by atoms with van der Waals surface area (Å²) in [6.07, 6.45) is 3.84. The molecule has 2 N–H and O–H groups in total. The molecule has 2 rings (SSSR count). The number of rotatable bonds is 3. The molecule has 1 aromatic rings. The Morgan fingerprint density at radius 3 is 2.88 bits per heavy atom. The Morgan fingerprint density at radius 2 is 2.29 bits per heavy atom. The highest BCUT2D eigenvalue weighted by Gasteiger charge is 2.20. The largest absolute Gasteiger partial charge is 0.352 e. The third-order valence-corrected chi connectivity index (χ3v) is 3.28. The number of hydrogen-bond acceptors (Lipinski definition) is 3. The molecule has 0 bridgehead atoms. The highest BCUT2D eigenvalue weighted by Crippen LogP contribution is 2.12. The third kappa shape index (κ3) is 3.06. The second-order valence-electron chi connectivity index (χ2n) is 4.66. The SMILES string of the molecule is Cc1nn(C)cc1CNC(=O)C1CCNCC1. The summed E-state index contributed by atoms with van der Waals surface area (Å²) in [5.74, 6) is 0.350. The van der Waals surface area contributed by atoms with Crippen molar-refractivity contribution in [1.29, 1.82) is 0 Å². The highest BCUT2D eigenvalue weighted by atomic mass is 16.1. The number of carbonyl (C=O) groups is 1. The van der Waals surface area contributed by atoms with Crippen LogP contribution in [-0.2, 0) is 18.4 Å². The number of nitrogens with one attached hydrogen (secondary N) is 2. The molecule has 0 unspecified atom stereocenters. The molecule has 0 spiro atoms. The van der Waals surface area contributed by atoms with Crippen LogP contribution in [0.5, 0.6) is 0 Å². The van der Waals surface area contributed by atoms with Gasteiger partial charge in [0.15, 0.2) is 0 Å². The Bertz CT molecular complexity index is 393. The van der Waals surface area contributed by atoms with Gasteiger partial charge in [0.05, 0.1) is 5.69 Å². The van der Waals surface area contributed by atoms with Gasteiger partial charge >= 0.3 is 0 Å². The van der Waals surface area contributed by atoms with Gasteiger partial charge in [-0.25, -0.2) is 0 Å². The lowest BCUT2D eigenvalue weighted by Crippen LogP contribution is -2.37. The van der Waals surface area contributed by atoms with Crippen molar-refractivity contribution >= 4 is 5.91 Å². The van der Waals surface area contributed by atoms with Crippen molar-refractivity contribution < 1.29 is 4.79 Å². The van der Waals surface area contributed by atoms with E-state index in [0.717, 1.165) is 37.2 Å². The summed E-state index contributed by atoms with van der Waals surface area (Å²) < 4.78 is 1.78. The van der Waals surface area contributed by atoms with Crippen LogP contribution in [0, 0.1) is 12.8 Å². The van der Waals surface area contributed by atoms with E-state index < -0.39 is 0 Å². The van der Waals surface area contributed by atoms with E-state index in [2.05, 4.69) is 15.7 Å². The topological polar surface area (TPSA) is 59.0 Å². The van der Waals surface area contributed by atoms with E-state index in [0.29, 0.717) is 6.54 Å². The van der Waals surface area contributed by atoms with Crippen LogP contribution in [-0.4, -0.2) is 28.8 Å². The Morgan fingerprint density at radius 1 is 1.59 bits per heavy atom. The Hall–Kier alpha value is -1.36. The summed E-state index contributed by atoms with van der Waals surface area (Å²) >= 11 is 0. The monoisotopic (exact) mass is 236 g/mol. The minimum Gasteiger partial charge on any atom is -0.352 e. The Balaban J connectivity index is 1.85. The summed E-state index contributed by atoms with van der Waals surface area (Å²) in [7, 11) is 1.89. The van der Waals surface area contributed by atoms with Crippen LogP contribution < -0.4 is 10.6 Å². The molecule has 0 atom stereocenters. The normalized spacial score (nSPS) is 17.1. The molecule has 5 heteroatoms. The van der Waals surface area contributed by atoms with Crippen molar-refractivity contribution in [3.05, 3.63) is 17.5 Å². The molecule has 0 aliphatic carbocycles. The summed E-state index contributed by atoms with van der Waals surface area (Å²) in [6, 6.07) is 0. The first-order chi connectivity index (χ1) is 8.16. The Kier molecular flexibility index (Phi) is 3.78. The number of hydrogen-bond donors (Lipinski definition) is 2. The lowest BCUT2D eigenvalue weighted by Gasteiger charge is -2.21. The predicted molar refractivity (Wildman–Crippen MR) is 65.4 cm³/mol. The predicted octanol–water partition coefficient (Wildman–Crippen LogP) is 0.344. The summed E-state index contributed by atoms with van der Waals surface area (Å²) in [4.78, 5) is 11.9. The minimum atomic E-state index is 0.174. The molecule has 0 aromatic carbocycles. The molecule has 1 amide bonds. The number of amides is 1. The van der Waals surface area contributed by atoms with Crippen molar-refractivity contribution in [2.24, 2.45) is 13.0 Å². The van der Waals surface area contributed by atoms with E-state index in [4.69, 9.17) is 0 Å². The zero-order valence-electron chi connectivity index (χ0n) is 10.5. The number of aryl methyl sites for hydroxylation is 2. The van der Waals surface area contributed by atoms with E-state index in [9.17, 15) is 4.79 Å². The van der Waals surface area contributed by atoms with Crippen LogP contribution in [0.3, 0.4) is 0 Å². The lowest BCUT2D eigenvalue weighted by molar-refractivity contribution is -0.125. The van der Waals surface area contributed by atoms with E-state index in [1.165, 1.54) is 0 Å². The fourth-order valence-corrected chi connectivity index (χ4v) is 2.23. The number of carbonyl (C=O) groups excluding carboxylic acids is 1. The zero-order chi connectivity index (χ0) is 12.3. The molecule has 1 aliphatic rings. The number of aromatic nitrogens is 2. The molecule has 0 radical (unpaired) electrons. The van der Waals surface area contributed by atoms with Crippen LogP contribution in [0.15, 0.2) is 6.20 Å². The fourth-order valence-electron chi connectivity index (χ4n) is 2.23. The van der Waals surface area contributed by atoms with Crippen LogP contribution in [0.25, 0.3) is 0 Å².